The highest BCUT2D eigenvalue weighted by Crippen LogP contribution is 2.32. The molecule has 0 spiro atoms. The average molecular weight is 266 g/mol. The van der Waals surface area contributed by atoms with Crippen LogP contribution in [0.15, 0.2) is 6.20 Å². The second-order valence-electron chi connectivity index (χ2n) is 2.31. The highest BCUT2D eigenvalue weighted by molar-refractivity contribution is 14.1. The lowest BCUT2D eigenvalue weighted by atomic mass is 10.3. The van der Waals surface area contributed by atoms with Crippen LogP contribution in [0.3, 0.4) is 0 Å². The number of H-pyrrole nitrogens is 1. The first-order valence-corrected chi connectivity index (χ1v) is 4.35. The maximum atomic E-state index is 5.28. The minimum atomic E-state index is -0.212. The van der Waals surface area contributed by atoms with Crippen LogP contribution in [-0.4, -0.2) is 16.5 Å². The van der Waals surface area contributed by atoms with E-state index in [0.717, 1.165) is 9.26 Å². The van der Waals surface area contributed by atoms with Crippen molar-refractivity contribution in [1.29, 1.82) is 0 Å². The Morgan fingerprint density at radius 3 is 2.82 bits per heavy atom. The van der Waals surface area contributed by atoms with E-state index in [1.807, 2.05) is 6.92 Å². The molecule has 0 aromatic carbocycles. The Bertz CT molecular complexity index is 257. The summed E-state index contributed by atoms with van der Waals surface area (Å²) in [7, 11) is 0. The molecule has 4 nitrogen and oxygen atoms in total. The number of hydrogen-bond donors (Lipinski definition) is 1. The summed E-state index contributed by atoms with van der Waals surface area (Å²) in [5.41, 5.74) is 0.976. The van der Waals surface area contributed by atoms with Gasteiger partial charge in [-0.15, -0.1) is 0 Å². The van der Waals surface area contributed by atoms with Crippen molar-refractivity contribution in [2.24, 2.45) is 0 Å². The number of rotatable bonds is 1. The Morgan fingerprint density at radius 2 is 2.36 bits per heavy atom. The Labute approximate surface area is 77.4 Å². The minimum Gasteiger partial charge on any atom is -0.319 e. The van der Waals surface area contributed by atoms with Crippen LogP contribution in [0.5, 0.6) is 0 Å². The van der Waals surface area contributed by atoms with Crippen LogP contribution >= 0.6 is 22.6 Å². The maximum Gasteiger partial charge on any atom is 0.193 e. The van der Waals surface area contributed by atoms with Gasteiger partial charge in [0.25, 0.3) is 0 Å². The van der Waals surface area contributed by atoms with Gasteiger partial charge in [-0.3, -0.25) is 5.10 Å². The number of ether oxygens (including phenoxy) is 2. The van der Waals surface area contributed by atoms with Crippen LogP contribution in [0, 0.1) is 3.70 Å². The molecule has 2 heterocycles. The lowest BCUT2D eigenvalue weighted by Gasteiger charge is -2.33. The lowest BCUT2D eigenvalue weighted by molar-refractivity contribution is -0.382. The van der Waals surface area contributed by atoms with Gasteiger partial charge in [-0.25, -0.2) is 0 Å². The zero-order valence-electron chi connectivity index (χ0n) is 5.87. The van der Waals surface area contributed by atoms with E-state index < -0.39 is 0 Å². The van der Waals surface area contributed by atoms with Crippen LogP contribution in [0.1, 0.15) is 18.8 Å². The largest absolute Gasteiger partial charge is 0.319 e. The summed E-state index contributed by atoms with van der Waals surface area (Å²) in [5.74, 6) is 0. The van der Waals surface area contributed by atoms with E-state index in [-0.39, 0.29) is 12.6 Å². The number of hydrogen-bond acceptors (Lipinski definition) is 3. The van der Waals surface area contributed by atoms with Gasteiger partial charge in [-0.2, -0.15) is 5.10 Å². The third kappa shape index (κ3) is 1.27. The topological polar surface area (TPSA) is 47.1 Å². The lowest BCUT2D eigenvalue weighted by Crippen LogP contribution is -2.31. The predicted octanol–water partition coefficient (Wildman–Crippen LogP) is 1.41. The molecule has 1 fully saturated rings. The number of nitrogens with zero attached hydrogens (tertiary/aromatic N) is 1. The van der Waals surface area contributed by atoms with Gasteiger partial charge < -0.3 is 9.47 Å². The molecule has 1 aromatic rings. The second kappa shape index (κ2) is 2.72. The molecule has 0 radical (unpaired) electrons. The second-order valence-corrected chi connectivity index (χ2v) is 3.39. The molecule has 1 aliphatic heterocycles. The molecule has 11 heavy (non-hydrogen) atoms. The van der Waals surface area contributed by atoms with E-state index in [1.165, 1.54) is 0 Å². The molecule has 1 N–H and O–H groups in total. The first-order valence-electron chi connectivity index (χ1n) is 3.27. The molecule has 0 atom stereocenters. The van der Waals surface area contributed by atoms with Gasteiger partial charge in [0.05, 0.1) is 11.8 Å². The van der Waals surface area contributed by atoms with E-state index in [1.54, 1.807) is 6.20 Å². The zero-order chi connectivity index (χ0) is 7.84. The average Bonchev–Trinajstić information content (AvgIpc) is 2.29. The summed E-state index contributed by atoms with van der Waals surface area (Å²) in [4.78, 5) is 0. The fourth-order valence-corrected chi connectivity index (χ4v) is 1.48. The van der Waals surface area contributed by atoms with Crippen LogP contribution in [0.25, 0.3) is 0 Å². The van der Waals surface area contributed by atoms with Crippen molar-refractivity contribution in [3.8, 4) is 0 Å². The van der Waals surface area contributed by atoms with Crippen molar-refractivity contribution < 1.29 is 9.47 Å². The molecule has 0 amide bonds. The van der Waals surface area contributed by atoms with Crippen molar-refractivity contribution in [2.75, 3.05) is 0 Å². The van der Waals surface area contributed by atoms with E-state index in [4.69, 9.17) is 9.47 Å². The molecule has 5 heteroatoms. The van der Waals surface area contributed by atoms with Crippen LogP contribution < -0.4 is 0 Å². The van der Waals surface area contributed by atoms with Gasteiger partial charge in [0.15, 0.2) is 12.6 Å². The zero-order valence-corrected chi connectivity index (χ0v) is 8.03. The van der Waals surface area contributed by atoms with Crippen molar-refractivity contribution >= 4 is 22.6 Å². The Morgan fingerprint density at radius 1 is 1.64 bits per heavy atom. The quantitative estimate of drug-likeness (QED) is 0.782. The molecule has 1 saturated heterocycles. The Kier molecular flexibility index (Phi) is 1.86. The van der Waals surface area contributed by atoms with Crippen molar-refractivity contribution in [3.63, 3.8) is 0 Å². The molecule has 1 aromatic heterocycles. The van der Waals surface area contributed by atoms with E-state index in [9.17, 15) is 0 Å². The van der Waals surface area contributed by atoms with Crippen LogP contribution in [0.2, 0.25) is 0 Å². The summed E-state index contributed by atoms with van der Waals surface area (Å²) in [5, 5.41) is 6.67. The monoisotopic (exact) mass is 266 g/mol. The van der Waals surface area contributed by atoms with Gasteiger partial charge in [0, 0.05) is 0 Å². The van der Waals surface area contributed by atoms with E-state index in [0.29, 0.717) is 0 Å². The Hall–Kier alpha value is -0.140. The summed E-state index contributed by atoms with van der Waals surface area (Å²) < 4.78 is 11.5. The fraction of sp³-hybridized carbons (Fsp3) is 0.500. The van der Waals surface area contributed by atoms with Gasteiger partial charge in [-0.1, -0.05) is 0 Å². The molecule has 0 unspecified atom stereocenters. The number of nitrogens with one attached hydrogen (secondary N) is 1. The molecule has 0 aliphatic carbocycles. The fourth-order valence-electron chi connectivity index (χ4n) is 0.949. The Balaban J connectivity index is 2.12. The van der Waals surface area contributed by atoms with Gasteiger partial charge in [0.1, 0.15) is 3.70 Å². The molecule has 2 rings (SSSR count). The number of aromatic amines is 1. The van der Waals surface area contributed by atoms with E-state index in [2.05, 4.69) is 32.8 Å². The summed E-state index contributed by atoms with van der Waals surface area (Å²) >= 11 is 2.16. The maximum absolute atomic E-state index is 5.28. The van der Waals surface area contributed by atoms with Crippen molar-refractivity contribution in [3.05, 3.63) is 15.5 Å². The molecular formula is C6H7IN2O2. The highest BCUT2D eigenvalue weighted by atomic mass is 127. The molecule has 0 bridgehead atoms. The first-order chi connectivity index (χ1) is 5.27. The summed E-state index contributed by atoms with van der Waals surface area (Å²) in [6.45, 7) is 1.86. The smallest absolute Gasteiger partial charge is 0.193 e. The molecule has 0 saturated carbocycles. The third-order valence-corrected chi connectivity index (χ3v) is 2.37. The third-order valence-electron chi connectivity index (χ3n) is 1.50. The first kappa shape index (κ1) is 7.51. The summed E-state index contributed by atoms with van der Waals surface area (Å²) in [6.07, 6.45) is 1.43. The molecule has 60 valence electrons. The van der Waals surface area contributed by atoms with Crippen LogP contribution in [-0.2, 0) is 9.47 Å². The predicted molar refractivity (Wildman–Crippen MR) is 45.7 cm³/mol. The van der Waals surface area contributed by atoms with Gasteiger partial charge in [0.2, 0.25) is 0 Å². The highest BCUT2D eigenvalue weighted by Gasteiger charge is 2.30. The normalized spacial score (nSPS) is 30.0. The van der Waals surface area contributed by atoms with Crippen molar-refractivity contribution in [2.45, 2.75) is 19.5 Å². The molecule has 1 aliphatic rings. The standard InChI is InChI=1S/C6H7IN2O2/c1-3-10-6(11-3)4-2-8-9-5(4)7/h2-3,6H,1H3,(H,8,9). The summed E-state index contributed by atoms with van der Waals surface area (Å²) in [6, 6.07) is 0. The van der Waals surface area contributed by atoms with E-state index >= 15 is 0 Å². The van der Waals surface area contributed by atoms with Gasteiger partial charge >= 0.3 is 0 Å². The van der Waals surface area contributed by atoms with Crippen molar-refractivity contribution in [1.82, 2.24) is 10.2 Å². The number of halogens is 1. The SMILES string of the molecule is CC1OC(c2cn[nH]c2I)O1. The molecular weight excluding hydrogens is 259 g/mol. The van der Waals surface area contributed by atoms with Crippen LogP contribution in [0.4, 0.5) is 0 Å². The number of aromatic nitrogens is 2. The van der Waals surface area contributed by atoms with Gasteiger partial charge in [-0.05, 0) is 29.5 Å². The minimum absolute atomic E-state index is 0.0781.